The Morgan fingerprint density at radius 3 is 2.62 bits per heavy atom. The standard InChI is InChI=1S/C14H17N5O3S2/c1-8-6-12(15)19-14(17-8)23-9(2)13(20)18-10-4-3-5-11(7-10)24(16,21)22/h3-7,9H,1-2H3,(H,18,20)(H2,15,17,19)(H2,16,21,22)/t9-/m0/s1. The van der Waals surface area contributed by atoms with Crippen LogP contribution in [0.2, 0.25) is 0 Å². The van der Waals surface area contributed by atoms with Crippen LogP contribution in [0, 0.1) is 6.92 Å². The summed E-state index contributed by atoms with van der Waals surface area (Å²) >= 11 is 1.15. The Balaban J connectivity index is 2.09. The minimum absolute atomic E-state index is 0.0737. The number of carbonyl (C=O) groups is 1. The minimum Gasteiger partial charge on any atom is -0.384 e. The van der Waals surface area contributed by atoms with Crippen LogP contribution >= 0.6 is 11.8 Å². The highest BCUT2D eigenvalue weighted by Crippen LogP contribution is 2.22. The van der Waals surface area contributed by atoms with Gasteiger partial charge in [-0.1, -0.05) is 17.8 Å². The molecule has 128 valence electrons. The van der Waals surface area contributed by atoms with E-state index in [2.05, 4.69) is 15.3 Å². The van der Waals surface area contributed by atoms with Gasteiger partial charge in [-0.15, -0.1) is 0 Å². The van der Waals surface area contributed by atoms with Crippen molar-refractivity contribution in [2.75, 3.05) is 11.1 Å². The molecule has 24 heavy (non-hydrogen) atoms. The van der Waals surface area contributed by atoms with Crippen LogP contribution in [0.15, 0.2) is 40.4 Å². The smallest absolute Gasteiger partial charge is 0.238 e. The number of nitrogens with zero attached hydrogens (tertiary/aromatic N) is 2. The zero-order valence-corrected chi connectivity index (χ0v) is 14.7. The Morgan fingerprint density at radius 2 is 2.00 bits per heavy atom. The second kappa shape index (κ2) is 7.16. The maximum atomic E-state index is 12.2. The van der Waals surface area contributed by atoms with E-state index in [9.17, 15) is 13.2 Å². The quantitative estimate of drug-likeness (QED) is 0.531. The predicted molar refractivity (Wildman–Crippen MR) is 92.9 cm³/mol. The Kier molecular flexibility index (Phi) is 5.42. The number of rotatable bonds is 5. The Bertz CT molecular complexity index is 850. The van der Waals surface area contributed by atoms with Gasteiger partial charge in [-0.05, 0) is 32.0 Å². The van der Waals surface area contributed by atoms with E-state index in [1.807, 2.05) is 0 Å². The summed E-state index contributed by atoms with van der Waals surface area (Å²) < 4.78 is 22.7. The first-order chi connectivity index (χ1) is 11.1. The van der Waals surface area contributed by atoms with Crippen LogP contribution in [-0.4, -0.2) is 29.5 Å². The van der Waals surface area contributed by atoms with Crippen molar-refractivity contribution in [1.29, 1.82) is 0 Å². The van der Waals surface area contributed by atoms with E-state index in [-0.39, 0.29) is 10.8 Å². The van der Waals surface area contributed by atoms with Crippen LogP contribution in [0.25, 0.3) is 0 Å². The fraction of sp³-hybridized carbons (Fsp3) is 0.214. The molecule has 5 N–H and O–H groups in total. The van der Waals surface area contributed by atoms with Gasteiger partial charge in [-0.2, -0.15) is 0 Å². The number of primary sulfonamides is 1. The molecule has 2 aromatic rings. The number of carbonyl (C=O) groups excluding carboxylic acids is 1. The van der Waals surface area contributed by atoms with Gasteiger partial charge < -0.3 is 11.1 Å². The van der Waals surface area contributed by atoms with Crippen LogP contribution in [0.4, 0.5) is 11.5 Å². The summed E-state index contributed by atoms with van der Waals surface area (Å²) in [5, 5.41) is 7.60. The molecule has 1 aromatic heterocycles. The number of hydrogen-bond donors (Lipinski definition) is 3. The molecule has 2 rings (SSSR count). The van der Waals surface area contributed by atoms with Gasteiger partial charge in [-0.25, -0.2) is 23.5 Å². The highest BCUT2D eigenvalue weighted by atomic mass is 32.2. The van der Waals surface area contributed by atoms with Crippen molar-refractivity contribution in [3.63, 3.8) is 0 Å². The normalized spacial score (nSPS) is 12.6. The lowest BCUT2D eigenvalue weighted by Gasteiger charge is -2.12. The van der Waals surface area contributed by atoms with Gasteiger partial charge in [0.1, 0.15) is 5.82 Å². The molecule has 1 heterocycles. The summed E-state index contributed by atoms with van der Waals surface area (Å²) in [4.78, 5) is 20.4. The van der Waals surface area contributed by atoms with E-state index in [0.717, 1.165) is 11.8 Å². The molecule has 0 radical (unpaired) electrons. The molecule has 8 nitrogen and oxygen atoms in total. The van der Waals surface area contributed by atoms with E-state index in [4.69, 9.17) is 10.9 Å². The van der Waals surface area contributed by atoms with E-state index >= 15 is 0 Å². The first-order valence-corrected chi connectivity index (χ1v) is 9.29. The molecule has 1 atom stereocenters. The maximum Gasteiger partial charge on any atom is 0.238 e. The van der Waals surface area contributed by atoms with Gasteiger partial charge in [0.05, 0.1) is 10.1 Å². The molecule has 0 aliphatic heterocycles. The predicted octanol–water partition coefficient (Wildman–Crippen LogP) is 1.13. The molecule has 0 spiro atoms. The summed E-state index contributed by atoms with van der Waals surface area (Å²) in [7, 11) is -3.83. The first-order valence-electron chi connectivity index (χ1n) is 6.86. The molecule has 0 fully saturated rings. The van der Waals surface area contributed by atoms with E-state index < -0.39 is 15.3 Å². The number of nitrogen functional groups attached to an aromatic ring is 1. The summed E-state index contributed by atoms with van der Waals surface area (Å²) in [5.41, 5.74) is 6.70. The molecular weight excluding hydrogens is 350 g/mol. The van der Waals surface area contributed by atoms with Crippen LogP contribution in [0.5, 0.6) is 0 Å². The van der Waals surface area contributed by atoms with Crippen molar-refractivity contribution in [3.05, 3.63) is 36.0 Å². The van der Waals surface area contributed by atoms with Crippen LogP contribution in [-0.2, 0) is 14.8 Å². The Hall–Kier alpha value is -2.17. The zero-order valence-electron chi connectivity index (χ0n) is 13.1. The molecular formula is C14H17N5O3S2. The number of aryl methyl sites for hydroxylation is 1. The number of nitrogens with two attached hydrogens (primary N) is 2. The summed E-state index contributed by atoms with van der Waals surface area (Å²) in [6.45, 7) is 3.47. The number of thioether (sulfide) groups is 1. The molecule has 0 aliphatic rings. The Labute approximate surface area is 144 Å². The van der Waals surface area contributed by atoms with Crippen LogP contribution < -0.4 is 16.2 Å². The topological polar surface area (TPSA) is 141 Å². The molecule has 0 aliphatic carbocycles. The van der Waals surface area contributed by atoms with Crippen molar-refractivity contribution < 1.29 is 13.2 Å². The third kappa shape index (κ3) is 4.91. The average molecular weight is 367 g/mol. The zero-order chi connectivity index (χ0) is 17.9. The first kappa shape index (κ1) is 18.2. The molecule has 10 heteroatoms. The van der Waals surface area contributed by atoms with E-state index in [1.165, 1.54) is 18.2 Å². The van der Waals surface area contributed by atoms with Gasteiger partial charge in [0.15, 0.2) is 5.16 Å². The number of amides is 1. The third-order valence-corrected chi connectivity index (χ3v) is 4.81. The summed E-state index contributed by atoms with van der Waals surface area (Å²) in [6.07, 6.45) is 0. The second-order valence-electron chi connectivity index (χ2n) is 5.04. The number of benzene rings is 1. The van der Waals surface area contributed by atoms with Gasteiger partial charge in [0.2, 0.25) is 15.9 Å². The Morgan fingerprint density at radius 1 is 1.29 bits per heavy atom. The third-order valence-electron chi connectivity index (χ3n) is 2.94. The lowest BCUT2D eigenvalue weighted by atomic mass is 10.3. The number of hydrogen-bond acceptors (Lipinski definition) is 7. The molecule has 0 unspecified atom stereocenters. The summed E-state index contributed by atoms with van der Waals surface area (Å²) in [6, 6.07) is 7.36. The highest BCUT2D eigenvalue weighted by molar-refractivity contribution is 8.00. The molecule has 1 amide bonds. The molecule has 0 bridgehead atoms. The van der Waals surface area contributed by atoms with Crippen molar-refractivity contribution in [2.24, 2.45) is 5.14 Å². The van der Waals surface area contributed by atoms with Gasteiger partial charge in [0.25, 0.3) is 0 Å². The SMILES string of the molecule is Cc1cc(N)nc(S[C@@H](C)C(=O)Nc2cccc(S(N)(=O)=O)c2)n1. The number of nitrogens with one attached hydrogen (secondary N) is 1. The van der Waals surface area contributed by atoms with Crippen molar-refractivity contribution in [2.45, 2.75) is 29.1 Å². The number of sulfonamides is 1. The van der Waals surface area contributed by atoms with E-state index in [1.54, 1.807) is 26.0 Å². The molecule has 1 aromatic carbocycles. The van der Waals surface area contributed by atoms with Crippen LogP contribution in [0.1, 0.15) is 12.6 Å². The van der Waals surface area contributed by atoms with Gasteiger partial charge >= 0.3 is 0 Å². The largest absolute Gasteiger partial charge is 0.384 e. The second-order valence-corrected chi connectivity index (χ2v) is 7.91. The highest BCUT2D eigenvalue weighted by Gasteiger charge is 2.17. The number of anilines is 2. The fourth-order valence-corrected chi connectivity index (χ4v) is 3.22. The lowest BCUT2D eigenvalue weighted by Crippen LogP contribution is -2.23. The van der Waals surface area contributed by atoms with Crippen molar-refractivity contribution >= 4 is 39.2 Å². The van der Waals surface area contributed by atoms with E-state index in [0.29, 0.717) is 22.4 Å². The summed E-state index contributed by atoms with van der Waals surface area (Å²) in [5.74, 6) is 0.00806. The molecule has 0 saturated carbocycles. The maximum absolute atomic E-state index is 12.2. The lowest BCUT2D eigenvalue weighted by molar-refractivity contribution is -0.115. The molecule has 0 saturated heterocycles. The van der Waals surface area contributed by atoms with Crippen molar-refractivity contribution in [3.8, 4) is 0 Å². The van der Waals surface area contributed by atoms with Crippen LogP contribution in [0.3, 0.4) is 0 Å². The fourth-order valence-electron chi connectivity index (χ4n) is 1.82. The van der Waals surface area contributed by atoms with Crippen molar-refractivity contribution in [1.82, 2.24) is 9.97 Å². The average Bonchev–Trinajstić information content (AvgIpc) is 2.45. The van der Waals surface area contributed by atoms with Gasteiger partial charge in [0, 0.05) is 17.4 Å². The number of aromatic nitrogens is 2. The monoisotopic (exact) mass is 367 g/mol. The minimum atomic E-state index is -3.83. The van der Waals surface area contributed by atoms with Gasteiger partial charge in [-0.3, -0.25) is 4.79 Å².